The van der Waals surface area contributed by atoms with Crippen LogP contribution >= 0.6 is 11.6 Å². The zero-order valence-electron chi connectivity index (χ0n) is 14.3. The van der Waals surface area contributed by atoms with Gasteiger partial charge in [-0.1, -0.05) is 60.9 Å². The molecule has 3 aromatic rings. The normalized spacial score (nSPS) is 12.2. The summed E-state index contributed by atoms with van der Waals surface area (Å²) in [5.41, 5.74) is 1.17. The number of carbonyl (C=O) groups is 1. The van der Waals surface area contributed by atoms with Gasteiger partial charge in [0.05, 0.1) is 5.02 Å². The van der Waals surface area contributed by atoms with Crippen molar-refractivity contribution in [2.75, 3.05) is 0 Å². The van der Waals surface area contributed by atoms with Gasteiger partial charge < -0.3 is 14.9 Å². The Morgan fingerprint density at radius 2 is 1.92 bits per heavy atom. The van der Waals surface area contributed by atoms with E-state index in [9.17, 15) is 9.90 Å². The molecule has 0 fully saturated rings. The fourth-order valence-corrected chi connectivity index (χ4v) is 2.63. The number of halogens is 1. The van der Waals surface area contributed by atoms with E-state index in [0.717, 1.165) is 5.56 Å². The summed E-state index contributed by atoms with van der Waals surface area (Å²) in [6, 6.07) is 13.3. The quantitative estimate of drug-likeness (QED) is 0.700. The smallest absolute Gasteiger partial charge is 0.251 e. The number of nitrogens with one attached hydrogen (secondary N) is 1. The number of nitrogens with zero attached hydrogens (tertiary/aromatic N) is 2. The average molecular weight is 372 g/mol. The van der Waals surface area contributed by atoms with E-state index in [1.54, 1.807) is 0 Å². The molecule has 1 aromatic heterocycles. The third kappa shape index (κ3) is 3.86. The number of amides is 1. The van der Waals surface area contributed by atoms with Crippen LogP contribution < -0.4 is 5.32 Å². The maximum absolute atomic E-state index is 12.5. The zero-order valence-corrected chi connectivity index (χ0v) is 15.1. The highest BCUT2D eigenvalue weighted by Gasteiger charge is 2.25. The van der Waals surface area contributed by atoms with Crippen LogP contribution in [0.15, 0.2) is 53.1 Å². The molecule has 0 saturated carbocycles. The van der Waals surface area contributed by atoms with Gasteiger partial charge >= 0.3 is 0 Å². The third-order valence-corrected chi connectivity index (χ3v) is 4.21. The van der Waals surface area contributed by atoms with Crippen LogP contribution in [0.3, 0.4) is 0 Å². The van der Waals surface area contributed by atoms with Crippen LogP contribution in [0.1, 0.15) is 36.1 Å². The first-order valence-corrected chi connectivity index (χ1v) is 8.52. The summed E-state index contributed by atoms with van der Waals surface area (Å²) in [4.78, 5) is 17.0. The predicted molar refractivity (Wildman–Crippen MR) is 97.9 cm³/mol. The molecule has 0 saturated heterocycles. The van der Waals surface area contributed by atoms with Crippen molar-refractivity contribution in [2.24, 2.45) is 5.92 Å². The van der Waals surface area contributed by atoms with E-state index in [0.29, 0.717) is 17.3 Å². The van der Waals surface area contributed by atoms with E-state index in [1.807, 2.05) is 44.2 Å². The molecule has 0 aliphatic carbocycles. The molecule has 0 bridgehead atoms. The topological polar surface area (TPSA) is 88.2 Å². The molecule has 1 amide bonds. The van der Waals surface area contributed by atoms with Gasteiger partial charge in [0.2, 0.25) is 11.7 Å². The second-order valence-corrected chi connectivity index (χ2v) is 6.59. The number of aromatic nitrogens is 2. The number of phenols is 1. The maximum Gasteiger partial charge on any atom is 0.251 e. The van der Waals surface area contributed by atoms with Gasteiger partial charge in [-0.15, -0.1) is 0 Å². The van der Waals surface area contributed by atoms with Crippen LogP contribution in [0.25, 0.3) is 11.4 Å². The first kappa shape index (κ1) is 17.9. The lowest BCUT2D eigenvalue weighted by atomic mass is 10.0. The highest BCUT2D eigenvalue weighted by atomic mass is 35.5. The van der Waals surface area contributed by atoms with Crippen molar-refractivity contribution in [3.63, 3.8) is 0 Å². The van der Waals surface area contributed by atoms with Crippen molar-refractivity contribution in [1.82, 2.24) is 15.5 Å². The fourth-order valence-electron chi connectivity index (χ4n) is 2.45. The van der Waals surface area contributed by atoms with Crippen LogP contribution in [0.4, 0.5) is 0 Å². The van der Waals surface area contributed by atoms with Gasteiger partial charge in [-0.2, -0.15) is 4.98 Å². The van der Waals surface area contributed by atoms with E-state index in [4.69, 9.17) is 16.1 Å². The lowest BCUT2D eigenvalue weighted by molar-refractivity contribution is 0.0914. The minimum Gasteiger partial charge on any atom is -0.506 e. The largest absolute Gasteiger partial charge is 0.506 e. The number of phenolic OH excluding ortho intramolecular Hbond substituents is 1. The number of carbonyl (C=O) groups excluding carboxylic acids is 1. The van der Waals surface area contributed by atoms with Crippen molar-refractivity contribution < 1.29 is 14.4 Å². The van der Waals surface area contributed by atoms with E-state index in [2.05, 4.69) is 15.5 Å². The maximum atomic E-state index is 12.5. The summed E-state index contributed by atoms with van der Waals surface area (Å²) in [5, 5.41) is 16.5. The van der Waals surface area contributed by atoms with Gasteiger partial charge in [0.25, 0.3) is 5.91 Å². The Hall–Kier alpha value is -2.86. The minimum atomic E-state index is -0.458. The number of benzene rings is 2. The summed E-state index contributed by atoms with van der Waals surface area (Å²) in [6.07, 6.45) is 0. The molecule has 2 N–H and O–H groups in total. The molecule has 1 unspecified atom stereocenters. The van der Waals surface area contributed by atoms with Gasteiger partial charge in [-0.25, -0.2) is 0 Å². The Bertz CT molecular complexity index is 909. The molecule has 2 aromatic carbocycles. The number of hydrogen-bond acceptors (Lipinski definition) is 5. The lowest BCUT2D eigenvalue weighted by Crippen LogP contribution is -2.32. The molecule has 7 heteroatoms. The van der Waals surface area contributed by atoms with Crippen LogP contribution in [-0.2, 0) is 0 Å². The molecule has 0 spiro atoms. The molecule has 134 valence electrons. The van der Waals surface area contributed by atoms with Crippen molar-refractivity contribution >= 4 is 17.5 Å². The SMILES string of the molecule is CC(C)C(NC(=O)c1ccc(O)c(Cl)c1)c1nc(-c2ccccc2)no1. The molecule has 1 atom stereocenters. The van der Waals surface area contributed by atoms with Crippen LogP contribution in [0, 0.1) is 5.92 Å². The van der Waals surface area contributed by atoms with Crippen molar-refractivity contribution in [3.05, 3.63) is 65.0 Å². The molecular weight excluding hydrogens is 354 g/mol. The Labute approximate surface area is 155 Å². The van der Waals surface area contributed by atoms with Crippen molar-refractivity contribution in [2.45, 2.75) is 19.9 Å². The van der Waals surface area contributed by atoms with E-state index >= 15 is 0 Å². The molecule has 0 radical (unpaired) electrons. The van der Waals surface area contributed by atoms with Gasteiger partial charge in [-0.05, 0) is 24.1 Å². The first-order valence-electron chi connectivity index (χ1n) is 8.14. The molecular formula is C19H18ClN3O3. The van der Waals surface area contributed by atoms with Gasteiger partial charge in [0, 0.05) is 11.1 Å². The summed E-state index contributed by atoms with van der Waals surface area (Å²) < 4.78 is 5.38. The molecule has 0 aliphatic heterocycles. The van der Waals surface area contributed by atoms with E-state index in [-0.39, 0.29) is 22.6 Å². The van der Waals surface area contributed by atoms with Gasteiger partial charge in [0.15, 0.2) is 0 Å². The summed E-state index contributed by atoms with van der Waals surface area (Å²) in [6.45, 7) is 3.89. The first-order chi connectivity index (χ1) is 12.5. The summed E-state index contributed by atoms with van der Waals surface area (Å²) in [7, 11) is 0. The Morgan fingerprint density at radius 3 is 2.58 bits per heavy atom. The number of aromatic hydroxyl groups is 1. The second-order valence-electron chi connectivity index (χ2n) is 6.18. The second kappa shape index (κ2) is 7.58. The van der Waals surface area contributed by atoms with Crippen molar-refractivity contribution in [1.29, 1.82) is 0 Å². The Morgan fingerprint density at radius 1 is 1.19 bits per heavy atom. The third-order valence-electron chi connectivity index (χ3n) is 3.90. The Kier molecular flexibility index (Phi) is 5.23. The monoisotopic (exact) mass is 371 g/mol. The van der Waals surface area contributed by atoms with Crippen LogP contribution in [0.5, 0.6) is 5.75 Å². The fraction of sp³-hybridized carbons (Fsp3) is 0.211. The van der Waals surface area contributed by atoms with Gasteiger partial charge in [-0.3, -0.25) is 4.79 Å². The predicted octanol–water partition coefficient (Wildman–Crippen LogP) is 4.22. The van der Waals surface area contributed by atoms with Crippen LogP contribution in [-0.4, -0.2) is 21.2 Å². The standard InChI is InChI=1S/C19H18ClN3O3/c1-11(2)16(21-18(25)13-8-9-15(24)14(20)10-13)19-22-17(23-26-19)12-6-4-3-5-7-12/h3-11,16,24H,1-2H3,(H,21,25). The Balaban J connectivity index is 1.82. The molecule has 1 heterocycles. The lowest BCUT2D eigenvalue weighted by Gasteiger charge is -2.18. The van der Waals surface area contributed by atoms with E-state index < -0.39 is 6.04 Å². The highest BCUT2D eigenvalue weighted by molar-refractivity contribution is 6.32. The highest BCUT2D eigenvalue weighted by Crippen LogP contribution is 2.26. The molecule has 0 aliphatic rings. The number of hydrogen-bond donors (Lipinski definition) is 2. The number of rotatable bonds is 5. The molecule has 6 nitrogen and oxygen atoms in total. The van der Waals surface area contributed by atoms with E-state index in [1.165, 1.54) is 18.2 Å². The summed E-state index contributed by atoms with van der Waals surface area (Å²) >= 11 is 5.87. The summed E-state index contributed by atoms with van der Waals surface area (Å²) in [5.74, 6) is 0.402. The molecule has 26 heavy (non-hydrogen) atoms. The minimum absolute atomic E-state index is 0.0237. The zero-order chi connectivity index (χ0) is 18.7. The molecule has 3 rings (SSSR count). The van der Waals surface area contributed by atoms with Crippen molar-refractivity contribution in [3.8, 4) is 17.1 Å². The van der Waals surface area contributed by atoms with Gasteiger partial charge in [0.1, 0.15) is 11.8 Å². The van der Waals surface area contributed by atoms with Crippen LogP contribution in [0.2, 0.25) is 5.02 Å². The average Bonchev–Trinajstić information content (AvgIpc) is 3.12.